The highest BCUT2D eigenvalue weighted by Crippen LogP contribution is 2.26. The summed E-state index contributed by atoms with van der Waals surface area (Å²) in [7, 11) is 0. The van der Waals surface area contributed by atoms with Crippen LogP contribution in [0, 0.1) is 5.92 Å². The van der Waals surface area contributed by atoms with Gasteiger partial charge in [0, 0.05) is 6.04 Å². The predicted octanol–water partition coefficient (Wildman–Crippen LogP) is 3.71. The first kappa shape index (κ1) is 17.8. The van der Waals surface area contributed by atoms with E-state index in [4.69, 9.17) is 9.84 Å². The van der Waals surface area contributed by atoms with E-state index in [2.05, 4.69) is 5.32 Å². The van der Waals surface area contributed by atoms with Crippen LogP contribution in [0.25, 0.3) is 0 Å². The minimum absolute atomic E-state index is 0.0378. The SMILES string of the molecule is CC(C)(C)OC(=O)NC(CC(=O)O)C1CCCCCCC1. The molecule has 1 atom stereocenters. The van der Waals surface area contributed by atoms with E-state index >= 15 is 0 Å². The summed E-state index contributed by atoms with van der Waals surface area (Å²) in [6, 6.07) is -0.338. The first-order valence-corrected chi connectivity index (χ1v) is 7.99. The van der Waals surface area contributed by atoms with Gasteiger partial charge in [-0.1, -0.05) is 32.1 Å². The van der Waals surface area contributed by atoms with Crippen molar-refractivity contribution in [2.24, 2.45) is 5.92 Å². The molecule has 0 heterocycles. The average molecular weight is 299 g/mol. The van der Waals surface area contributed by atoms with Crippen LogP contribution in [-0.2, 0) is 9.53 Å². The zero-order chi connectivity index (χ0) is 15.9. The molecule has 1 fully saturated rings. The van der Waals surface area contributed by atoms with E-state index in [0.29, 0.717) is 0 Å². The van der Waals surface area contributed by atoms with E-state index in [0.717, 1.165) is 25.7 Å². The summed E-state index contributed by atoms with van der Waals surface area (Å²) in [5, 5.41) is 11.9. The van der Waals surface area contributed by atoms with Crippen LogP contribution in [-0.4, -0.2) is 28.8 Å². The molecular formula is C16H29NO4. The summed E-state index contributed by atoms with van der Waals surface area (Å²) < 4.78 is 5.25. The van der Waals surface area contributed by atoms with E-state index in [-0.39, 0.29) is 18.4 Å². The molecular weight excluding hydrogens is 270 g/mol. The van der Waals surface area contributed by atoms with Gasteiger partial charge in [-0.2, -0.15) is 0 Å². The van der Waals surface area contributed by atoms with E-state index in [1.807, 2.05) is 0 Å². The monoisotopic (exact) mass is 299 g/mol. The zero-order valence-corrected chi connectivity index (χ0v) is 13.5. The molecule has 122 valence electrons. The first-order chi connectivity index (χ1) is 9.78. The Hall–Kier alpha value is -1.26. The van der Waals surface area contributed by atoms with Crippen LogP contribution < -0.4 is 5.32 Å². The number of rotatable bonds is 4. The predicted molar refractivity (Wildman–Crippen MR) is 81.2 cm³/mol. The molecule has 0 spiro atoms. The highest BCUT2D eigenvalue weighted by molar-refractivity contribution is 5.71. The smallest absolute Gasteiger partial charge is 0.407 e. The average Bonchev–Trinajstić information content (AvgIpc) is 2.23. The van der Waals surface area contributed by atoms with Gasteiger partial charge in [0.25, 0.3) is 0 Å². The van der Waals surface area contributed by atoms with Crippen LogP contribution in [0.5, 0.6) is 0 Å². The van der Waals surface area contributed by atoms with Crippen LogP contribution >= 0.6 is 0 Å². The molecule has 5 nitrogen and oxygen atoms in total. The number of hydrogen-bond donors (Lipinski definition) is 2. The van der Waals surface area contributed by atoms with Gasteiger partial charge >= 0.3 is 12.1 Å². The van der Waals surface area contributed by atoms with Gasteiger partial charge in [-0.15, -0.1) is 0 Å². The third kappa shape index (κ3) is 7.93. The van der Waals surface area contributed by atoms with Gasteiger partial charge < -0.3 is 15.2 Å². The Kier molecular flexibility index (Phi) is 6.99. The largest absolute Gasteiger partial charge is 0.481 e. The molecule has 0 aliphatic heterocycles. The topological polar surface area (TPSA) is 75.6 Å². The van der Waals surface area contributed by atoms with Crippen molar-refractivity contribution in [2.75, 3.05) is 0 Å². The van der Waals surface area contributed by atoms with Gasteiger partial charge in [-0.05, 0) is 39.5 Å². The van der Waals surface area contributed by atoms with Gasteiger partial charge in [0.1, 0.15) is 5.60 Å². The summed E-state index contributed by atoms with van der Waals surface area (Å²) >= 11 is 0. The number of carbonyl (C=O) groups is 2. The molecule has 0 radical (unpaired) electrons. The molecule has 1 amide bonds. The maximum absolute atomic E-state index is 11.9. The number of ether oxygens (including phenoxy) is 1. The van der Waals surface area contributed by atoms with Crippen LogP contribution in [0.3, 0.4) is 0 Å². The number of aliphatic carboxylic acids is 1. The standard InChI is InChI=1S/C16H29NO4/c1-16(2,3)21-15(20)17-13(11-14(18)19)12-9-7-5-4-6-8-10-12/h12-13H,4-11H2,1-3H3,(H,17,20)(H,18,19). The number of amides is 1. The zero-order valence-electron chi connectivity index (χ0n) is 13.5. The Morgan fingerprint density at radius 3 is 2.14 bits per heavy atom. The van der Waals surface area contributed by atoms with Gasteiger partial charge in [-0.25, -0.2) is 4.79 Å². The second kappa shape index (κ2) is 8.25. The maximum atomic E-state index is 11.9. The highest BCUT2D eigenvalue weighted by atomic mass is 16.6. The molecule has 0 saturated heterocycles. The van der Waals surface area contributed by atoms with Crippen LogP contribution in [0.4, 0.5) is 4.79 Å². The second-order valence-corrected chi connectivity index (χ2v) is 6.96. The van der Waals surface area contributed by atoms with E-state index < -0.39 is 17.7 Å². The molecule has 0 aromatic carbocycles. The molecule has 5 heteroatoms. The molecule has 0 aromatic heterocycles. The van der Waals surface area contributed by atoms with Crippen molar-refractivity contribution in [3.05, 3.63) is 0 Å². The number of alkyl carbamates (subject to hydrolysis) is 1. The van der Waals surface area contributed by atoms with E-state index in [1.54, 1.807) is 20.8 Å². The van der Waals surface area contributed by atoms with Crippen molar-refractivity contribution in [3.8, 4) is 0 Å². The van der Waals surface area contributed by atoms with E-state index in [1.165, 1.54) is 19.3 Å². The third-order valence-electron chi connectivity index (χ3n) is 3.82. The molecule has 1 saturated carbocycles. The van der Waals surface area contributed by atoms with Gasteiger partial charge in [-0.3, -0.25) is 4.79 Å². The van der Waals surface area contributed by atoms with Crippen molar-refractivity contribution in [1.29, 1.82) is 0 Å². The van der Waals surface area contributed by atoms with Gasteiger partial charge in [0.05, 0.1) is 6.42 Å². The molecule has 21 heavy (non-hydrogen) atoms. The van der Waals surface area contributed by atoms with Crippen LogP contribution in [0.2, 0.25) is 0 Å². The van der Waals surface area contributed by atoms with Crippen molar-refractivity contribution >= 4 is 12.1 Å². The number of carboxylic acid groups (broad SMARTS) is 1. The quantitative estimate of drug-likeness (QED) is 0.829. The number of hydrogen-bond acceptors (Lipinski definition) is 3. The highest BCUT2D eigenvalue weighted by Gasteiger charge is 2.27. The van der Waals surface area contributed by atoms with E-state index in [9.17, 15) is 9.59 Å². The van der Waals surface area contributed by atoms with Crippen molar-refractivity contribution in [3.63, 3.8) is 0 Å². The lowest BCUT2D eigenvalue weighted by atomic mass is 9.84. The Morgan fingerprint density at radius 1 is 1.14 bits per heavy atom. The summed E-state index contributed by atoms with van der Waals surface area (Å²) in [4.78, 5) is 23.0. The molecule has 1 rings (SSSR count). The lowest BCUT2D eigenvalue weighted by molar-refractivity contribution is -0.137. The fourth-order valence-electron chi connectivity index (χ4n) is 2.87. The van der Waals surface area contributed by atoms with Crippen molar-refractivity contribution in [1.82, 2.24) is 5.32 Å². The second-order valence-electron chi connectivity index (χ2n) is 6.96. The van der Waals surface area contributed by atoms with Crippen molar-refractivity contribution < 1.29 is 19.4 Å². The molecule has 0 aromatic rings. The molecule has 1 unspecified atom stereocenters. The van der Waals surface area contributed by atoms with Crippen LogP contribution in [0.1, 0.15) is 72.1 Å². The minimum atomic E-state index is -0.877. The molecule has 2 N–H and O–H groups in total. The Labute approximate surface area is 127 Å². The van der Waals surface area contributed by atoms with Gasteiger partial charge in [0.2, 0.25) is 0 Å². The molecule has 1 aliphatic carbocycles. The lowest BCUT2D eigenvalue weighted by Crippen LogP contribution is -2.44. The Balaban J connectivity index is 2.64. The third-order valence-corrected chi connectivity index (χ3v) is 3.82. The summed E-state index contributed by atoms with van der Waals surface area (Å²) in [6.45, 7) is 5.40. The lowest BCUT2D eigenvalue weighted by Gasteiger charge is -2.29. The normalized spacial score (nSPS) is 19.2. The summed E-state index contributed by atoms with van der Waals surface area (Å²) in [5.41, 5.74) is -0.571. The summed E-state index contributed by atoms with van der Waals surface area (Å²) in [5.74, 6) is -0.646. The van der Waals surface area contributed by atoms with Crippen molar-refractivity contribution in [2.45, 2.75) is 83.8 Å². The fraction of sp³-hybridized carbons (Fsp3) is 0.875. The molecule has 1 aliphatic rings. The van der Waals surface area contributed by atoms with Gasteiger partial charge in [0.15, 0.2) is 0 Å². The summed E-state index contributed by atoms with van der Waals surface area (Å²) in [6.07, 6.45) is 7.27. The first-order valence-electron chi connectivity index (χ1n) is 7.99. The number of carboxylic acids is 1. The molecule has 0 bridgehead atoms. The minimum Gasteiger partial charge on any atom is -0.481 e. The Morgan fingerprint density at radius 2 is 1.67 bits per heavy atom. The number of carbonyl (C=O) groups excluding carboxylic acids is 1. The van der Waals surface area contributed by atoms with Crippen LogP contribution in [0.15, 0.2) is 0 Å². The maximum Gasteiger partial charge on any atom is 0.407 e. The fourth-order valence-corrected chi connectivity index (χ4v) is 2.87. The number of nitrogens with one attached hydrogen (secondary N) is 1. The Bertz CT molecular complexity index is 341.